The van der Waals surface area contributed by atoms with Crippen LogP contribution in [0.5, 0.6) is 0 Å². The van der Waals surface area contributed by atoms with Crippen molar-refractivity contribution in [1.82, 2.24) is 30.1 Å². The van der Waals surface area contributed by atoms with Gasteiger partial charge < -0.3 is 15.0 Å². The average molecular weight is 426 g/mol. The highest BCUT2D eigenvalue weighted by molar-refractivity contribution is 7.98. The van der Waals surface area contributed by atoms with Gasteiger partial charge in [0.2, 0.25) is 5.16 Å². The van der Waals surface area contributed by atoms with Crippen LogP contribution in [0.4, 0.5) is 10.5 Å². The Hall–Kier alpha value is -2.98. The number of hydrogen-bond donors (Lipinski definition) is 1. The summed E-state index contributed by atoms with van der Waals surface area (Å²) in [6.45, 7) is 1.74. The van der Waals surface area contributed by atoms with Gasteiger partial charge in [0.15, 0.2) is 0 Å². The molecule has 30 heavy (non-hydrogen) atoms. The number of benzene rings is 1. The van der Waals surface area contributed by atoms with Gasteiger partial charge in [0.25, 0.3) is 0 Å². The molecule has 10 heteroatoms. The second-order valence-corrected chi connectivity index (χ2v) is 7.71. The number of tetrazole rings is 1. The Kier molecular flexibility index (Phi) is 6.55. The molecular weight excluding hydrogens is 402 g/mol. The molecule has 1 atom stereocenters. The van der Waals surface area contributed by atoms with Crippen molar-refractivity contribution < 1.29 is 9.53 Å². The van der Waals surface area contributed by atoms with E-state index in [1.807, 2.05) is 42.7 Å². The number of carbonyl (C=O) groups excluding carboxylic acids is 1. The first kappa shape index (κ1) is 20.3. The van der Waals surface area contributed by atoms with Gasteiger partial charge in [-0.2, -0.15) is 4.68 Å². The molecule has 9 nitrogen and oxygen atoms in total. The second-order valence-electron chi connectivity index (χ2n) is 6.93. The van der Waals surface area contributed by atoms with Crippen molar-refractivity contribution in [1.29, 1.82) is 0 Å². The van der Waals surface area contributed by atoms with Crippen LogP contribution in [-0.4, -0.2) is 61.6 Å². The first-order valence-electron chi connectivity index (χ1n) is 9.72. The lowest BCUT2D eigenvalue weighted by molar-refractivity contribution is 0.0819. The number of hydrogen-bond acceptors (Lipinski definition) is 7. The molecule has 0 unspecified atom stereocenters. The van der Waals surface area contributed by atoms with Crippen LogP contribution in [0.25, 0.3) is 5.69 Å². The van der Waals surface area contributed by atoms with Crippen LogP contribution in [0.3, 0.4) is 0 Å². The summed E-state index contributed by atoms with van der Waals surface area (Å²) >= 11 is 1.45. The van der Waals surface area contributed by atoms with Gasteiger partial charge in [-0.05, 0) is 59.4 Å². The lowest BCUT2D eigenvalue weighted by Crippen LogP contribution is -2.39. The Bertz CT molecular complexity index is 976. The summed E-state index contributed by atoms with van der Waals surface area (Å²) in [5, 5.41) is 15.4. The molecular formula is C20H23N7O2S. The van der Waals surface area contributed by atoms with E-state index >= 15 is 0 Å². The number of carbonyl (C=O) groups is 1. The van der Waals surface area contributed by atoms with Crippen LogP contribution >= 0.6 is 11.8 Å². The Morgan fingerprint density at radius 3 is 3.07 bits per heavy atom. The number of pyridine rings is 1. The quantitative estimate of drug-likeness (QED) is 0.581. The van der Waals surface area contributed by atoms with E-state index in [0.29, 0.717) is 23.9 Å². The minimum atomic E-state index is -0.187. The number of rotatable bonds is 7. The summed E-state index contributed by atoms with van der Waals surface area (Å²) in [6.07, 6.45) is 7.46. The van der Waals surface area contributed by atoms with E-state index in [0.717, 1.165) is 30.7 Å². The fraction of sp³-hybridized carbons (Fsp3) is 0.350. The third-order valence-electron chi connectivity index (χ3n) is 4.80. The second kappa shape index (κ2) is 9.68. The smallest absolute Gasteiger partial charge is 0.322 e. The van der Waals surface area contributed by atoms with E-state index in [1.165, 1.54) is 11.8 Å². The van der Waals surface area contributed by atoms with Crippen molar-refractivity contribution in [3.63, 3.8) is 0 Å². The number of nitrogens with one attached hydrogen (secondary N) is 1. The first-order valence-corrected chi connectivity index (χ1v) is 10.9. The van der Waals surface area contributed by atoms with Gasteiger partial charge in [0, 0.05) is 37.8 Å². The Balaban J connectivity index is 1.50. The van der Waals surface area contributed by atoms with Gasteiger partial charge in [0.05, 0.1) is 11.8 Å². The lowest BCUT2D eigenvalue weighted by atomic mass is 10.2. The van der Waals surface area contributed by atoms with Crippen molar-refractivity contribution in [2.24, 2.45) is 0 Å². The zero-order valence-corrected chi connectivity index (χ0v) is 17.5. The highest BCUT2D eigenvalue weighted by Gasteiger charge is 2.23. The molecule has 0 saturated carbocycles. The molecule has 1 saturated heterocycles. The maximum atomic E-state index is 13.1. The molecule has 1 N–H and O–H groups in total. The van der Waals surface area contributed by atoms with Gasteiger partial charge >= 0.3 is 6.03 Å². The standard InChI is InChI=1S/C20H23N7O2S/c1-30-20-23-24-25-27(20)17-7-2-6-16(11-17)22-19(28)26(14-18-8-4-10-29-18)13-15-5-3-9-21-12-15/h2-3,5-7,9,11-12,18H,4,8,10,13-14H2,1H3,(H,22,28)/t18-/m1/s1. The van der Waals surface area contributed by atoms with Crippen LogP contribution in [0.2, 0.25) is 0 Å². The number of amides is 2. The molecule has 3 aromatic rings. The third kappa shape index (κ3) is 4.95. The van der Waals surface area contributed by atoms with Crippen LogP contribution < -0.4 is 5.32 Å². The van der Waals surface area contributed by atoms with Gasteiger partial charge in [-0.15, -0.1) is 5.10 Å². The van der Waals surface area contributed by atoms with Crippen molar-refractivity contribution in [3.05, 3.63) is 54.4 Å². The molecule has 0 spiro atoms. The molecule has 1 aromatic carbocycles. The van der Waals surface area contributed by atoms with Crippen molar-refractivity contribution in [2.75, 3.05) is 24.7 Å². The number of nitrogens with zero attached hydrogens (tertiary/aromatic N) is 6. The summed E-state index contributed by atoms with van der Waals surface area (Å²) in [6, 6.07) is 11.1. The SMILES string of the molecule is CSc1nnnn1-c1cccc(NC(=O)N(Cc2cccnc2)C[C@H]2CCCO2)c1. The van der Waals surface area contributed by atoms with Gasteiger partial charge in [-0.3, -0.25) is 4.98 Å². The molecule has 156 valence electrons. The zero-order valence-electron chi connectivity index (χ0n) is 16.6. The highest BCUT2D eigenvalue weighted by Crippen LogP contribution is 2.20. The summed E-state index contributed by atoms with van der Waals surface area (Å²) in [5.41, 5.74) is 2.42. The van der Waals surface area contributed by atoms with Crippen LogP contribution in [0.15, 0.2) is 53.9 Å². The molecule has 1 aliphatic rings. The van der Waals surface area contributed by atoms with E-state index in [-0.39, 0.29) is 12.1 Å². The highest BCUT2D eigenvalue weighted by atomic mass is 32.2. The third-order valence-corrected chi connectivity index (χ3v) is 5.42. The zero-order chi connectivity index (χ0) is 20.8. The molecule has 2 amide bonds. The van der Waals surface area contributed by atoms with E-state index < -0.39 is 0 Å². The topological polar surface area (TPSA) is 98.1 Å². The largest absolute Gasteiger partial charge is 0.376 e. The summed E-state index contributed by atoms with van der Waals surface area (Å²) < 4.78 is 7.39. The van der Waals surface area contributed by atoms with Crippen molar-refractivity contribution >= 4 is 23.5 Å². The fourth-order valence-electron chi connectivity index (χ4n) is 3.35. The summed E-state index contributed by atoms with van der Waals surface area (Å²) in [4.78, 5) is 19.0. The van der Waals surface area contributed by atoms with E-state index in [4.69, 9.17) is 4.74 Å². The molecule has 4 rings (SSSR count). The van der Waals surface area contributed by atoms with Gasteiger partial charge in [-0.1, -0.05) is 23.9 Å². The monoisotopic (exact) mass is 425 g/mol. The summed E-state index contributed by atoms with van der Waals surface area (Å²) in [7, 11) is 0. The van der Waals surface area contributed by atoms with Crippen LogP contribution in [0, 0.1) is 0 Å². The normalized spacial score (nSPS) is 15.8. The maximum Gasteiger partial charge on any atom is 0.322 e. The molecule has 0 aliphatic carbocycles. The molecule has 2 aromatic heterocycles. The minimum absolute atomic E-state index is 0.0594. The first-order chi connectivity index (χ1) is 14.7. The minimum Gasteiger partial charge on any atom is -0.376 e. The Morgan fingerprint density at radius 1 is 1.37 bits per heavy atom. The number of thioether (sulfide) groups is 1. The van der Waals surface area contributed by atoms with E-state index in [2.05, 4.69) is 25.8 Å². The van der Waals surface area contributed by atoms with Crippen LogP contribution in [-0.2, 0) is 11.3 Å². The van der Waals surface area contributed by atoms with Crippen molar-refractivity contribution in [2.45, 2.75) is 30.6 Å². The summed E-state index contributed by atoms with van der Waals surface area (Å²) in [5.74, 6) is 0. The van der Waals surface area contributed by atoms with Gasteiger partial charge in [-0.25, -0.2) is 4.79 Å². The van der Waals surface area contributed by atoms with E-state index in [1.54, 1.807) is 22.0 Å². The number of aromatic nitrogens is 5. The lowest BCUT2D eigenvalue weighted by Gasteiger charge is -2.26. The van der Waals surface area contributed by atoms with E-state index in [9.17, 15) is 4.79 Å². The molecule has 1 aliphatic heterocycles. The fourth-order valence-corrected chi connectivity index (χ4v) is 3.78. The van der Waals surface area contributed by atoms with Crippen LogP contribution in [0.1, 0.15) is 18.4 Å². The van der Waals surface area contributed by atoms with Gasteiger partial charge in [0.1, 0.15) is 0 Å². The Morgan fingerprint density at radius 2 is 2.30 bits per heavy atom. The molecule has 3 heterocycles. The Labute approximate surface area is 178 Å². The molecule has 1 fully saturated rings. The number of urea groups is 1. The number of anilines is 1. The number of ether oxygens (including phenoxy) is 1. The average Bonchev–Trinajstić information content (AvgIpc) is 3.46. The molecule has 0 bridgehead atoms. The van der Waals surface area contributed by atoms with Crippen molar-refractivity contribution in [3.8, 4) is 5.69 Å². The molecule has 0 radical (unpaired) electrons. The predicted octanol–water partition coefficient (Wildman–Crippen LogP) is 2.99. The maximum absolute atomic E-state index is 13.1. The predicted molar refractivity (Wildman–Crippen MR) is 114 cm³/mol.